The molecule has 1 saturated heterocycles. The molecule has 31 heavy (non-hydrogen) atoms. The van der Waals surface area contributed by atoms with E-state index in [9.17, 15) is 4.79 Å². The number of benzene rings is 2. The van der Waals surface area contributed by atoms with Gasteiger partial charge in [0.15, 0.2) is 11.5 Å². The van der Waals surface area contributed by atoms with E-state index in [1.807, 2.05) is 13.0 Å². The van der Waals surface area contributed by atoms with E-state index in [2.05, 4.69) is 51.7 Å². The van der Waals surface area contributed by atoms with Gasteiger partial charge in [0, 0.05) is 44.0 Å². The van der Waals surface area contributed by atoms with E-state index >= 15 is 0 Å². The Morgan fingerprint density at radius 3 is 2.55 bits per heavy atom. The van der Waals surface area contributed by atoms with Crippen LogP contribution in [-0.4, -0.2) is 42.0 Å². The zero-order valence-electron chi connectivity index (χ0n) is 17.7. The van der Waals surface area contributed by atoms with Crippen molar-refractivity contribution in [3.63, 3.8) is 0 Å². The van der Waals surface area contributed by atoms with Crippen LogP contribution in [0.2, 0.25) is 0 Å². The van der Waals surface area contributed by atoms with Crippen LogP contribution in [0.5, 0.6) is 11.5 Å². The number of hydrogen-bond donors (Lipinski definition) is 1. The number of carbonyl (C=O) groups excluding carboxylic acids is 1. The minimum atomic E-state index is -0.112. The van der Waals surface area contributed by atoms with Gasteiger partial charge in [-0.15, -0.1) is 0 Å². The molecule has 7 nitrogen and oxygen atoms in total. The van der Waals surface area contributed by atoms with Crippen molar-refractivity contribution in [3.8, 4) is 11.5 Å². The Bertz CT molecular complexity index is 1090. The van der Waals surface area contributed by atoms with Crippen molar-refractivity contribution in [1.82, 2.24) is 15.1 Å². The molecule has 3 aromatic rings. The highest BCUT2D eigenvalue weighted by molar-refractivity contribution is 5.93. The van der Waals surface area contributed by atoms with Crippen molar-refractivity contribution in [2.24, 2.45) is 7.05 Å². The van der Waals surface area contributed by atoms with Gasteiger partial charge in [-0.3, -0.25) is 9.48 Å². The molecule has 2 aliphatic rings. The maximum absolute atomic E-state index is 12.3. The Hall–Kier alpha value is -3.48. The minimum Gasteiger partial charge on any atom is -0.486 e. The lowest BCUT2D eigenvalue weighted by molar-refractivity contribution is 0.0940. The number of hydrogen-bond acceptors (Lipinski definition) is 5. The molecule has 3 heterocycles. The smallest absolute Gasteiger partial charge is 0.254 e. The molecular weight excluding hydrogens is 392 g/mol. The van der Waals surface area contributed by atoms with Crippen LogP contribution in [0, 0.1) is 0 Å². The predicted octanol–water partition coefficient (Wildman–Crippen LogP) is 3.29. The summed E-state index contributed by atoms with van der Waals surface area (Å²) in [4.78, 5) is 14.7. The van der Waals surface area contributed by atoms with Gasteiger partial charge in [0.05, 0.1) is 17.8 Å². The number of rotatable bonds is 5. The summed E-state index contributed by atoms with van der Waals surface area (Å²) in [5, 5.41) is 7.09. The number of fused-ring (bicyclic) bond motifs is 1. The fourth-order valence-corrected chi connectivity index (χ4v) is 4.09. The first-order chi connectivity index (χ1) is 15.1. The van der Waals surface area contributed by atoms with Crippen molar-refractivity contribution in [3.05, 3.63) is 71.5 Å². The standard InChI is InChI=1S/C24H26N4O3/c1-16(26-24(29)19-12-25-27(2)13-19)17-3-5-18(6-4-17)20-14-28(15-20)21-7-8-22-23(11-21)31-10-9-30-22/h3-8,11-13,16,20H,9-10,14-15H2,1-2H3,(H,26,29)/t16-/m0/s1. The van der Waals surface area contributed by atoms with Crippen molar-refractivity contribution in [1.29, 1.82) is 0 Å². The molecule has 7 heteroatoms. The highest BCUT2D eigenvalue weighted by Crippen LogP contribution is 2.38. The Morgan fingerprint density at radius 1 is 1.10 bits per heavy atom. The molecule has 0 saturated carbocycles. The van der Waals surface area contributed by atoms with Crippen LogP contribution in [0.15, 0.2) is 54.9 Å². The molecule has 2 aliphatic heterocycles. The molecule has 2 aromatic carbocycles. The molecule has 0 bridgehead atoms. The Balaban J connectivity index is 1.18. The van der Waals surface area contributed by atoms with E-state index in [1.165, 1.54) is 11.3 Å². The van der Waals surface area contributed by atoms with Crippen LogP contribution >= 0.6 is 0 Å². The molecule has 1 aromatic heterocycles. The molecule has 160 valence electrons. The van der Waals surface area contributed by atoms with Gasteiger partial charge in [-0.25, -0.2) is 0 Å². The number of carbonyl (C=O) groups is 1. The molecule has 1 amide bonds. The van der Waals surface area contributed by atoms with E-state index in [4.69, 9.17) is 9.47 Å². The summed E-state index contributed by atoms with van der Waals surface area (Å²) in [6.07, 6.45) is 3.30. The number of nitrogens with zero attached hydrogens (tertiary/aromatic N) is 3. The average molecular weight is 418 g/mol. The summed E-state index contributed by atoms with van der Waals surface area (Å²) in [6, 6.07) is 14.7. The molecular formula is C24H26N4O3. The lowest BCUT2D eigenvalue weighted by Gasteiger charge is -2.41. The van der Waals surface area contributed by atoms with Crippen LogP contribution in [0.4, 0.5) is 5.69 Å². The van der Waals surface area contributed by atoms with Gasteiger partial charge in [0.2, 0.25) is 0 Å². The van der Waals surface area contributed by atoms with Gasteiger partial charge in [-0.2, -0.15) is 5.10 Å². The number of ether oxygens (including phenoxy) is 2. The number of anilines is 1. The summed E-state index contributed by atoms with van der Waals surface area (Å²) in [5.74, 6) is 2.05. The van der Waals surface area contributed by atoms with E-state index in [1.54, 1.807) is 24.1 Å². The zero-order chi connectivity index (χ0) is 21.4. The number of aryl methyl sites for hydroxylation is 1. The third-order valence-electron chi connectivity index (χ3n) is 5.99. The summed E-state index contributed by atoms with van der Waals surface area (Å²) < 4.78 is 12.9. The predicted molar refractivity (Wildman–Crippen MR) is 118 cm³/mol. The van der Waals surface area contributed by atoms with Gasteiger partial charge >= 0.3 is 0 Å². The Labute approximate surface area is 181 Å². The highest BCUT2D eigenvalue weighted by Gasteiger charge is 2.29. The van der Waals surface area contributed by atoms with Gasteiger partial charge in [-0.1, -0.05) is 24.3 Å². The quantitative estimate of drug-likeness (QED) is 0.689. The summed E-state index contributed by atoms with van der Waals surface area (Å²) >= 11 is 0. The summed E-state index contributed by atoms with van der Waals surface area (Å²) in [5.41, 5.74) is 4.15. The SMILES string of the molecule is C[C@H](NC(=O)c1cnn(C)c1)c1ccc(C2CN(c3ccc4c(c3)OCCO4)C2)cc1. The first-order valence-corrected chi connectivity index (χ1v) is 10.6. The molecule has 0 aliphatic carbocycles. The van der Waals surface area contributed by atoms with Gasteiger partial charge in [0.1, 0.15) is 13.2 Å². The van der Waals surface area contributed by atoms with Crippen LogP contribution in [0.3, 0.4) is 0 Å². The maximum Gasteiger partial charge on any atom is 0.254 e. The Morgan fingerprint density at radius 2 is 1.84 bits per heavy atom. The largest absolute Gasteiger partial charge is 0.486 e. The molecule has 1 N–H and O–H groups in total. The van der Waals surface area contributed by atoms with Crippen LogP contribution in [-0.2, 0) is 7.05 Å². The van der Waals surface area contributed by atoms with Crippen molar-refractivity contribution >= 4 is 11.6 Å². The molecule has 1 atom stereocenters. The second-order valence-electron chi connectivity index (χ2n) is 8.19. The second kappa shape index (κ2) is 7.98. The van der Waals surface area contributed by atoms with Crippen LogP contribution in [0.1, 0.15) is 40.4 Å². The second-order valence-corrected chi connectivity index (χ2v) is 8.19. The lowest BCUT2D eigenvalue weighted by atomic mass is 9.89. The summed E-state index contributed by atoms with van der Waals surface area (Å²) in [7, 11) is 1.80. The molecule has 1 fully saturated rings. The van der Waals surface area contributed by atoms with Crippen LogP contribution < -0.4 is 19.7 Å². The molecule has 0 spiro atoms. The van der Waals surface area contributed by atoms with E-state index in [-0.39, 0.29) is 11.9 Å². The van der Waals surface area contributed by atoms with E-state index in [0.717, 1.165) is 30.2 Å². The Kier molecular flexibility index (Phi) is 5.02. The average Bonchev–Trinajstić information content (AvgIpc) is 3.19. The monoisotopic (exact) mass is 418 g/mol. The van der Waals surface area contributed by atoms with E-state index < -0.39 is 0 Å². The first kappa shape index (κ1) is 19.5. The van der Waals surface area contributed by atoms with Crippen molar-refractivity contribution in [2.45, 2.75) is 18.9 Å². The molecule has 0 radical (unpaired) electrons. The normalized spacial score (nSPS) is 16.5. The van der Waals surface area contributed by atoms with Gasteiger partial charge in [0.25, 0.3) is 5.91 Å². The number of nitrogens with one attached hydrogen (secondary N) is 1. The number of amides is 1. The third kappa shape index (κ3) is 3.95. The van der Waals surface area contributed by atoms with Crippen LogP contribution in [0.25, 0.3) is 0 Å². The summed E-state index contributed by atoms with van der Waals surface area (Å²) in [6.45, 7) is 5.17. The fourth-order valence-electron chi connectivity index (χ4n) is 4.09. The van der Waals surface area contributed by atoms with E-state index in [0.29, 0.717) is 24.7 Å². The third-order valence-corrected chi connectivity index (χ3v) is 5.99. The van der Waals surface area contributed by atoms with Gasteiger partial charge in [-0.05, 0) is 30.2 Å². The highest BCUT2D eigenvalue weighted by atomic mass is 16.6. The molecule has 5 rings (SSSR count). The topological polar surface area (TPSA) is 68.6 Å². The zero-order valence-corrected chi connectivity index (χ0v) is 17.7. The van der Waals surface area contributed by atoms with Crippen molar-refractivity contribution in [2.75, 3.05) is 31.2 Å². The first-order valence-electron chi connectivity index (χ1n) is 10.6. The number of aromatic nitrogens is 2. The van der Waals surface area contributed by atoms with Crippen molar-refractivity contribution < 1.29 is 14.3 Å². The maximum atomic E-state index is 12.3. The van der Waals surface area contributed by atoms with Gasteiger partial charge < -0.3 is 19.7 Å². The fraction of sp³-hybridized carbons (Fsp3) is 0.333. The minimum absolute atomic E-state index is 0.0719. The lowest BCUT2D eigenvalue weighted by Crippen LogP contribution is -2.45. The molecule has 0 unspecified atom stereocenters.